The molecule has 0 unspecified atom stereocenters. The quantitative estimate of drug-likeness (QED) is 0.700. The molecule has 0 bridgehead atoms. The second kappa shape index (κ2) is 7.46. The van der Waals surface area contributed by atoms with Gasteiger partial charge in [0.05, 0.1) is 0 Å². The van der Waals surface area contributed by atoms with E-state index in [9.17, 15) is 4.79 Å². The van der Waals surface area contributed by atoms with E-state index in [2.05, 4.69) is 21.9 Å². The van der Waals surface area contributed by atoms with Crippen LogP contribution in [0.3, 0.4) is 0 Å². The summed E-state index contributed by atoms with van der Waals surface area (Å²) in [5.41, 5.74) is 4.26. The summed E-state index contributed by atoms with van der Waals surface area (Å²) in [4.78, 5) is 12.5. The maximum Gasteiger partial charge on any atom is 0.405 e. The fraction of sp³-hybridized carbons (Fsp3) is 0.909. The average molecular weight is 231 g/mol. The average Bonchev–Trinajstić information content (AvgIpc) is 2.16. The van der Waals surface area contributed by atoms with Crippen molar-refractivity contribution in [3.63, 3.8) is 0 Å². The number of amides is 1. The molecule has 1 saturated heterocycles. The van der Waals surface area contributed by atoms with Crippen molar-refractivity contribution in [1.29, 1.82) is 0 Å². The molecule has 16 heavy (non-hydrogen) atoms. The number of carbonyl (C=O) groups excluding carboxylic acids is 1. The molecule has 3 N–H and O–H groups in total. The number of likely N-dealkylation sites (N-methyl/N-ethyl adjacent to an activating group) is 1. The van der Waals surface area contributed by atoms with E-state index in [0.29, 0.717) is 0 Å². The van der Waals surface area contributed by atoms with Gasteiger partial charge in [-0.3, -0.25) is 0 Å². The van der Waals surface area contributed by atoms with Gasteiger partial charge in [0, 0.05) is 26.2 Å². The van der Waals surface area contributed by atoms with Gasteiger partial charge >= 0.3 is 6.09 Å². The number of nitrogens with zero attached hydrogens (tertiary/aromatic N) is 1. The van der Waals surface area contributed by atoms with Gasteiger partial charge in [-0.2, -0.15) is 0 Å². The smallest absolute Gasteiger partial charge is 0.405 e. The number of rotatable bonds is 1. The van der Waals surface area contributed by atoms with Crippen LogP contribution >= 0.6 is 0 Å². The SMILES string of the molecule is CC(C)(C)OC(N)=O.CCN1CCNCC1. The van der Waals surface area contributed by atoms with Crippen LogP contribution in [0.25, 0.3) is 0 Å². The second-order valence-electron chi connectivity index (χ2n) is 4.72. The van der Waals surface area contributed by atoms with E-state index in [4.69, 9.17) is 5.73 Å². The standard InChI is InChI=1S/C6H14N2.C5H11NO2/c1-2-8-5-3-7-4-6-8;1-5(2,3)8-4(6)7/h7H,2-6H2,1H3;1-3H3,(H2,6,7). The van der Waals surface area contributed by atoms with Gasteiger partial charge in [0.2, 0.25) is 0 Å². The molecule has 5 nitrogen and oxygen atoms in total. The Morgan fingerprint density at radius 2 is 1.88 bits per heavy atom. The molecule has 0 aromatic carbocycles. The molecule has 0 atom stereocenters. The summed E-state index contributed by atoms with van der Waals surface area (Å²) in [5, 5.41) is 3.31. The summed E-state index contributed by atoms with van der Waals surface area (Å²) in [7, 11) is 0. The number of ether oxygens (including phenoxy) is 1. The molecule has 0 spiro atoms. The molecule has 1 fully saturated rings. The van der Waals surface area contributed by atoms with E-state index in [1.807, 2.05) is 0 Å². The number of primary amides is 1. The van der Waals surface area contributed by atoms with Gasteiger partial charge in [-0.15, -0.1) is 0 Å². The Kier molecular flexibility index (Phi) is 7.08. The monoisotopic (exact) mass is 231 g/mol. The number of hydrogen-bond acceptors (Lipinski definition) is 4. The van der Waals surface area contributed by atoms with E-state index in [-0.39, 0.29) is 0 Å². The van der Waals surface area contributed by atoms with Gasteiger partial charge in [-0.25, -0.2) is 4.79 Å². The highest BCUT2D eigenvalue weighted by Crippen LogP contribution is 2.04. The number of nitrogens with one attached hydrogen (secondary N) is 1. The third kappa shape index (κ3) is 9.73. The highest BCUT2D eigenvalue weighted by atomic mass is 16.6. The van der Waals surface area contributed by atoms with Crippen molar-refractivity contribution in [3.05, 3.63) is 0 Å². The van der Waals surface area contributed by atoms with Crippen molar-refractivity contribution >= 4 is 6.09 Å². The van der Waals surface area contributed by atoms with Gasteiger partial charge < -0.3 is 20.7 Å². The molecular formula is C11H25N3O2. The second-order valence-corrected chi connectivity index (χ2v) is 4.72. The summed E-state index contributed by atoms with van der Waals surface area (Å²) < 4.78 is 4.58. The van der Waals surface area contributed by atoms with Crippen molar-refractivity contribution in [2.75, 3.05) is 32.7 Å². The van der Waals surface area contributed by atoms with Crippen LogP contribution in [0.4, 0.5) is 4.79 Å². The van der Waals surface area contributed by atoms with Gasteiger partial charge in [0.25, 0.3) is 0 Å². The van der Waals surface area contributed by atoms with Crippen LogP contribution in [0, 0.1) is 0 Å². The van der Waals surface area contributed by atoms with Crippen LogP contribution < -0.4 is 11.1 Å². The van der Waals surface area contributed by atoms with E-state index < -0.39 is 11.7 Å². The first-order chi connectivity index (χ1) is 7.35. The van der Waals surface area contributed by atoms with Crippen LogP contribution in [0.1, 0.15) is 27.7 Å². The minimum atomic E-state index is -0.725. The Bertz CT molecular complexity index is 196. The molecule has 0 aromatic heterocycles. The van der Waals surface area contributed by atoms with Crippen LogP contribution in [-0.2, 0) is 4.74 Å². The van der Waals surface area contributed by atoms with Gasteiger partial charge in [-0.1, -0.05) is 6.92 Å². The van der Waals surface area contributed by atoms with Crippen molar-refractivity contribution in [1.82, 2.24) is 10.2 Å². The van der Waals surface area contributed by atoms with Crippen molar-refractivity contribution in [2.24, 2.45) is 5.73 Å². The third-order valence-corrected chi connectivity index (χ3v) is 2.06. The van der Waals surface area contributed by atoms with Gasteiger partial charge in [0.1, 0.15) is 5.60 Å². The zero-order chi connectivity index (χ0) is 12.6. The highest BCUT2D eigenvalue weighted by Gasteiger charge is 2.12. The van der Waals surface area contributed by atoms with Crippen molar-refractivity contribution in [2.45, 2.75) is 33.3 Å². The van der Waals surface area contributed by atoms with Crippen molar-refractivity contribution in [3.8, 4) is 0 Å². The molecule has 1 heterocycles. The Labute approximate surface area is 98.3 Å². The fourth-order valence-corrected chi connectivity index (χ4v) is 1.33. The zero-order valence-corrected chi connectivity index (χ0v) is 10.9. The molecule has 0 aromatic rings. The maximum atomic E-state index is 10.0. The topological polar surface area (TPSA) is 67.6 Å². The summed E-state index contributed by atoms with van der Waals surface area (Å²) >= 11 is 0. The van der Waals surface area contributed by atoms with E-state index in [0.717, 1.165) is 0 Å². The lowest BCUT2D eigenvalue weighted by Gasteiger charge is -2.25. The van der Waals surface area contributed by atoms with E-state index in [1.165, 1.54) is 32.7 Å². The molecule has 1 aliphatic rings. The molecular weight excluding hydrogens is 206 g/mol. The molecule has 1 amide bonds. The molecule has 0 saturated carbocycles. The molecule has 96 valence electrons. The number of hydrogen-bond donors (Lipinski definition) is 2. The van der Waals surface area contributed by atoms with Crippen LogP contribution in [0.5, 0.6) is 0 Å². The first kappa shape index (κ1) is 15.2. The molecule has 0 aliphatic carbocycles. The third-order valence-electron chi connectivity index (χ3n) is 2.06. The predicted octanol–water partition coefficient (Wildman–Crippen LogP) is 0.792. The van der Waals surface area contributed by atoms with Crippen LogP contribution in [0.2, 0.25) is 0 Å². The summed E-state index contributed by atoms with van der Waals surface area (Å²) in [6, 6.07) is 0. The zero-order valence-electron chi connectivity index (χ0n) is 10.9. The van der Waals surface area contributed by atoms with E-state index in [1.54, 1.807) is 20.8 Å². The first-order valence-electron chi connectivity index (χ1n) is 5.76. The lowest BCUT2D eigenvalue weighted by atomic mass is 10.2. The van der Waals surface area contributed by atoms with Crippen LogP contribution in [0.15, 0.2) is 0 Å². The molecule has 5 heteroatoms. The Balaban J connectivity index is 0.000000281. The number of piperazine rings is 1. The lowest BCUT2D eigenvalue weighted by Crippen LogP contribution is -2.43. The summed E-state index contributed by atoms with van der Waals surface area (Å²) in [6.07, 6.45) is -0.725. The first-order valence-corrected chi connectivity index (χ1v) is 5.76. The number of carbonyl (C=O) groups is 1. The highest BCUT2D eigenvalue weighted by molar-refractivity contribution is 5.65. The fourth-order valence-electron chi connectivity index (χ4n) is 1.33. The summed E-state index contributed by atoms with van der Waals surface area (Å²) in [6.45, 7) is 13.5. The molecule has 1 aliphatic heterocycles. The molecule has 0 radical (unpaired) electrons. The van der Waals surface area contributed by atoms with Gasteiger partial charge in [-0.05, 0) is 27.3 Å². The van der Waals surface area contributed by atoms with Gasteiger partial charge in [0.15, 0.2) is 0 Å². The minimum absolute atomic E-state index is 0.453. The Morgan fingerprint density at radius 1 is 1.38 bits per heavy atom. The predicted molar refractivity (Wildman–Crippen MR) is 65.4 cm³/mol. The van der Waals surface area contributed by atoms with E-state index >= 15 is 0 Å². The maximum absolute atomic E-state index is 10.0. The van der Waals surface area contributed by atoms with Crippen LogP contribution in [-0.4, -0.2) is 49.3 Å². The minimum Gasteiger partial charge on any atom is -0.444 e. The Morgan fingerprint density at radius 3 is 2.06 bits per heavy atom. The lowest BCUT2D eigenvalue weighted by molar-refractivity contribution is 0.0600. The Hall–Kier alpha value is -0.810. The number of nitrogens with two attached hydrogens (primary N) is 1. The van der Waals surface area contributed by atoms with Crippen molar-refractivity contribution < 1.29 is 9.53 Å². The largest absolute Gasteiger partial charge is 0.444 e. The normalized spacial score (nSPS) is 17.2. The summed E-state index contributed by atoms with van der Waals surface area (Å²) in [5.74, 6) is 0. The molecule has 1 rings (SSSR count).